The van der Waals surface area contributed by atoms with Gasteiger partial charge in [-0.15, -0.1) is 0 Å². The van der Waals surface area contributed by atoms with Gasteiger partial charge in [-0.25, -0.2) is 4.98 Å². The van der Waals surface area contributed by atoms with Crippen LogP contribution in [0.2, 0.25) is 5.28 Å². The van der Waals surface area contributed by atoms with Crippen LogP contribution in [0.15, 0.2) is 6.33 Å². The maximum atomic E-state index is 6.10. The smallest absolute Gasteiger partial charge is 0.226 e. The highest BCUT2D eigenvalue weighted by molar-refractivity contribution is 6.28. The summed E-state index contributed by atoms with van der Waals surface area (Å²) in [7, 11) is 0. The average Bonchev–Trinajstić information content (AvgIpc) is 2.82. The Hall–Kier alpha value is -1.40. The van der Waals surface area contributed by atoms with Gasteiger partial charge in [0.25, 0.3) is 0 Å². The quantitative estimate of drug-likeness (QED) is 0.796. The summed E-state index contributed by atoms with van der Waals surface area (Å²) < 4.78 is 7.49. The fourth-order valence-electron chi connectivity index (χ4n) is 2.50. The highest BCUT2D eigenvalue weighted by Gasteiger charge is 2.25. The predicted octanol–water partition coefficient (Wildman–Crippen LogP) is 2.29. The van der Waals surface area contributed by atoms with Crippen LogP contribution in [0.3, 0.4) is 0 Å². The summed E-state index contributed by atoms with van der Waals surface area (Å²) in [5.41, 5.74) is 1.59. The average molecular weight is 296 g/mol. The van der Waals surface area contributed by atoms with E-state index >= 15 is 0 Å². The summed E-state index contributed by atoms with van der Waals surface area (Å²) in [6.07, 6.45) is 1.80. The second kappa shape index (κ2) is 5.18. The molecule has 20 heavy (non-hydrogen) atoms. The van der Waals surface area contributed by atoms with Crippen LogP contribution in [-0.2, 0) is 4.74 Å². The third-order valence-corrected chi connectivity index (χ3v) is 3.74. The van der Waals surface area contributed by atoms with E-state index in [2.05, 4.69) is 40.6 Å². The summed E-state index contributed by atoms with van der Waals surface area (Å²) >= 11 is 6.10. The van der Waals surface area contributed by atoms with Crippen molar-refractivity contribution >= 4 is 28.6 Å². The van der Waals surface area contributed by atoms with E-state index in [1.54, 1.807) is 6.33 Å². The second-order valence-electron chi connectivity index (χ2n) is 5.35. The van der Waals surface area contributed by atoms with Crippen LogP contribution in [-0.4, -0.2) is 45.3 Å². The number of halogens is 1. The van der Waals surface area contributed by atoms with Crippen LogP contribution >= 0.6 is 11.6 Å². The van der Waals surface area contributed by atoms with Crippen molar-refractivity contribution in [1.29, 1.82) is 0 Å². The Balaban J connectivity index is 2.15. The summed E-state index contributed by atoms with van der Waals surface area (Å²) in [6, 6.07) is 0.531. The largest absolute Gasteiger partial charge is 0.377 e. The van der Waals surface area contributed by atoms with Gasteiger partial charge in [-0.1, -0.05) is 0 Å². The zero-order chi connectivity index (χ0) is 14.3. The van der Waals surface area contributed by atoms with Crippen LogP contribution in [0.1, 0.15) is 26.8 Å². The van der Waals surface area contributed by atoms with E-state index in [1.165, 1.54) is 0 Å². The number of imidazole rings is 1. The standard InChI is InChI=1S/C13H18ClN5O/c1-8(2)19-7-15-10-11(16-13(14)17-12(10)19)18-4-5-20-6-9(18)3/h7-9H,4-6H2,1-3H3/t9-/m1/s1. The lowest BCUT2D eigenvalue weighted by atomic mass is 10.2. The fraction of sp³-hybridized carbons (Fsp3) is 0.615. The van der Waals surface area contributed by atoms with E-state index < -0.39 is 0 Å². The minimum atomic E-state index is 0.252. The normalized spacial score (nSPS) is 20.1. The second-order valence-corrected chi connectivity index (χ2v) is 5.69. The van der Waals surface area contributed by atoms with Gasteiger partial charge in [-0.2, -0.15) is 9.97 Å². The number of aromatic nitrogens is 4. The highest BCUT2D eigenvalue weighted by atomic mass is 35.5. The van der Waals surface area contributed by atoms with E-state index in [1.807, 2.05) is 4.57 Å². The molecule has 2 aromatic rings. The number of morpholine rings is 1. The molecule has 108 valence electrons. The third kappa shape index (κ3) is 2.23. The van der Waals surface area contributed by atoms with Crippen molar-refractivity contribution in [3.8, 4) is 0 Å². The summed E-state index contributed by atoms with van der Waals surface area (Å²) in [4.78, 5) is 15.4. The van der Waals surface area contributed by atoms with Gasteiger partial charge in [0.15, 0.2) is 17.0 Å². The zero-order valence-corrected chi connectivity index (χ0v) is 12.6. The van der Waals surface area contributed by atoms with Gasteiger partial charge in [0.2, 0.25) is 5.28 Å². The van der Waals surface area contributed by atoms with Gasteiger partial charge in [-0.3, -0.25) is 0 Å². The molecule has 1 atom stereocenters. The molecule has 0 unspecified atom stereocenters. The maximum absolute atomic E-state index is 6.10. The number of ether oxygens (including phenoxy) is 1. The summed E-state index contributed by atoms with van der Waals surface area (Å²) in [5.74, 6) is 0.801. The molecule has 0 spiro atoms. The Morgan fingerprint density at radius 2 is 2.20 bits per heavy atom. The molecular formula is C13H18ClN5O. The number of fused-ring (bicyclic) bond motifs is 1. The summed E-state index contributed by atoms with van der Waals surface area (Å²) in [6.45, 7) is 8.47. The molecule has 0 radical (unpaired) electrons. The van der Waals surface area contributed by atoms with E-state index in [0.29, 0.717) is 13.2 Å². The van der Waals surface area contributed by atoms with Crippen molar-refractivity contribution in [2.75, 3.05) is 24.7 Å². The molecular weight excluding hydrogens is 278 g/mol. The fourth-order valence-corrected chi connectivity index (χ4v) is 2.66. The topological polar surface area (TPSA) is 56.1 Å². The van der Waals surface area contributed by atoms with Crippen molar-refractivity contribution in [3.63, 3.8) is 0 Å². The van der Waals surface area contributed by atoms with Gasteiger partial charge in [-0.05, 0) is 32.4 Å². The van der Waals surface area contributed by atoms with Gasteiger partial charge in [0, 0.05) is 12.6 Å². The minimum absolute atomic E-state index is 0.252. The molecule has 1 aliphatic rings. The Labute approximate surface area is 122 Å². The molecule has 0 amide bonds. The minimum Gasteiger partial charge on any atom is -0.377 e. The molecule has 2 aromatic heterocycles. The molecule has 0 N–H and O–H groups in total. The number of hydrogen-bond donors (Lipinski definition) is 0. The van der Waals surface area contributed by atoms with Crippen molar-refractivity contribution < 1.29 is 4.74 Å². The Morgan fingerprint density at radius 3 is 2.90 bits per heavy atom. The van der Waals surface area contributed by atoms with E-state index in [9.17, 15) is 0 Å². The van der Waals surface area contributed by atoms with Gasteiger partial charge in [0.1, 0.15) is 0 Å². The van der Waals surface area contributed by atoms with Crippen LogP contribution in [0.25, 0.3) is 11.2 Å². The first kappa shape index (κ1) is 13.6. The van der Waals surface area contributed by atoms with Crippen LogP contribution in [0, 0.1) is 0 Å². The lowest BCUT2D eigenvalue weighted by Gasteiger charge is -2.34. The van der Waals surface area contributed by atoms with Crippen LogP contribution in [0.4, 0.5) is 5.82 Å². The molecule has 1 saturated heterocycles. The van der Waals surface area contributed by atoms with Crippen molar-refractivity contribution in [1.82, 2.24) is 19.5 Å². The number of anilines is 1. The van der Waals surface area contributed by atoms with Crippen LogP contribution in [0.5, 0.6) is 0 Å². The van der Waals surface area contributed by atoms with Crippen molar-refractivity contribution in [3.05, 3.63) is 11.6 Å². The lowest BCUT2D eigenvalue weighted by molar-refractivity contribution is 0.0986. The summed E-state index contributed by atoms with van der Waals surface area (Å²) in [5, 5.41) is 0.258. The molecule has 7 heteroatoms. The van der Waals surface area contributed by atoms with E-state index in [-0.39, 0.29) is 17.4 Å². The number of hydrogen-bond acceptors (Lipinski definition) is 5. The van der Waals surface area contributed by atoms with Crippen LogP contribution < -0.4 is 4.90 Å². The Morgan fingerprint density at radius 1 is 1.40 bits per heavy atom. The molecule has 3 heterocycles. The SMILES string of the molecule is CC(C)n1cnc2c(N3CCOC[C@H]3C)nc(Cl)nc21. The van der Waals surface area contributed by atoms with E-state index in [0.717, 1.165) is 23.5 Å². The lowest BCUT2D eigenvalue weighted by Crippen LogP contribution is -2.44. The Bertz CT molecular complexity index is 626. The van der Waals surface area contributed by atoms with Gasteiger partial charge >= 0.3 is 0 Å². The highest BCUT2D eigenvalue weighted by Crippen LogP contribution is 2.28. The molecule has 1 aliphatic heterocycles. The molecule has 1 fully saturated rings. The van der Waals surface area contributed by atoms with Crippen molar-refractivity contribution in [2.45, 2.75) is 32.9 Å². The van der Waals surface area contributed by atoms with E-state index in [4.69, 9.17) is 16.3 Å². The Kier molecular flexibility index (Phi) is 3.52. The number of rotatable bonds is 2. The number of nitrogens with zero attached hydrogens (tertiary/aromatic N) is 5. The molecule has 0 bridgehead atoms. The first-order valence-corrected chi connectivity index (χ1v) is 7.20. The zero-order valence-electron chi connectivity index (χ0n) is 11.9. The predicted molar refractivity (Wildman–Crippen MR) is 78.3 cm³/mol. The van der Waals surface area contributed by atoms with Gasteiger partial charge in [0.05, 0.1) is 25.6 Å². The molecule has 6 nitrogen and oxygen atoms in total. The van der Waals surface area contributed by atoms with Gasteiger partial charge < -0.3 is 14.2 Å². The monoisotopic (exact) mass is 295 g/mol. The third-order valence-electron chi connectivity index (χ3n) is 3.57. The first-order valence-electron chi connectivity index (χ1n) is 6.82. The molecule has 0 saturated carbocycles. The van der Waals surface area contributed by atoms with Crippen molar-refractivity contribution in [2.24, 2.45) is 0 Å². The molecule has 0 aromatic carbocycles. The molecule has 0 aliphatic carbocycles. The maximum Gasteiger partial charge on any atom is 0.226 e. The first-order chi connectivity index (χ1) is 9.58. The molecule has 3 rings (SSSR count).